The molecule has 2 rings (SSSR count). The Hall–Kier alpha value is -1.74. The molecule has 1 aromatic heterocycles. The average Bonchev–Trinajstić information content (AvgIpc) is 2.39. The molecule has 1 unspecified atom stereocenters. The quantitative estimate of drug-likeness (QED) is 0.894. The zero-order valence-corrected chi connectivity index (χ0v) is 11.1. The number of aromatic nitrogens is 2. The molecule has 94 valence electrons. The van der Waals surface area contributed by atoms with Crippen molar-refractivity contribution in [3.8, 4) is 0 Å². The lowest BCUT2D eigenvalue weighted by molar-refractivity contribution is 0.636. The molecule has 0 spiro atoms. The van der Waals surface area contributed by atoms with E-state index in [9.17, 15) is 0 Å². The third-order valence-corrected chi connectivity index (χ3v) is 3.04. The summed E-state index contributed by atoms with van der Waals surface area (Å²) in [5.41, 5.74) is 4.06. The molecular weight excluding hydrogens is 222 g/mol. The minimum Gasteiger partial charge on any atom is -0.311 e. The highest BCUT2D eigenvalue weighted by Crippen LogP contribution is 2.12. The Labute approximate surface area is 108 Å². The predicted molar refractivity (Wildman–Crippen MR) is 76.3 cm³/mol. The Bertz CT molecular complexity index is 560. The fraction of sp³-hybridized carbons (Fsp3) is 0.333. The molecule has 1 aromatic carbocycles. The van der Waals surface area contributed by atoms with Gasteiger partial charge in [-0.1, -0.05) is 24.6 Å². The van der Waals surface area contributed by atoms with Gasteiger partial charge in [0.25, 0.3) is 0 Å². The monoisotopic (exact) mass is 241 g/mol. The van der Waals surface area contributed by atoms with Gasteiger partial charge in [0.1, 0.15) is 0 Å². The second-order valence-corrected chi connectivity index (χ2v) is 4.45. The van der Waals surface area contributed by atoms with Crippen molar-refractivity contribution in [3.05, 3.63) is 41.7 Å². The number of rotatable bonds is 4. The van der Waals surface area contributed by atoms with Gasteiger partial charge in [0, 0.05) is 6.04 Å². The van der Waals surface area contributed by atoms with Crippen molar-refractivity contribution in [2.45, 2.75) is 26.8 Å². The maximum Gasteiger partial charge on any atom is 0.0894 e. The van der Waals surface area contributed by atoms with Gasteiger partial charge in [0.2, 0.25) is 0 Å². The van der Waals surface area contributed by atoms with Crippen LogP contribution in [0.4, 0.5) is 0 Å². The van der Waals surface area contributed by atoms with Crippen LogP contribution in [-0.2, 0) is 0 Å². The lowest BCUT2D eigenvalue weighted by Crippen LogP contribution is -2.26. The summed E-state index contributed by atoms with van der Waals surface area (Å²) in [5, 5.41) is 3.39. The maximum atomic E-state index is 4.59. The van der Waals surface area contributed by atoms with Crippen molar-refractivity contribution in [1.29, 1.82) is 0 Å². The van der Waals surface area contributed by atoms with E-state index >= 15 is 0 Å². The molecule has 0 fully saturated rings. The molecule has 0 bridgehead atoms. The minimum atomic E-state index is 0.364. The molecule has 18 heavy (non-hydrogen) atoms. The Morgan fingerprint density at radius 2 is 2.06 bits per heavy atom. The SMILES string of the molecule is CCNC(C)/C(C)=C/c1cnc2ccccc2n1. The van der Waals surface area contributed by atoms with E-state index < -0.39 is 0 Å². The van der Waals surface area contributed by atoms with Gasteiger partial charge in [-0.05, 0) is 38.6 Å². The van der Waals surface area contributed by atoms with Crippen LogP contribution in [0.3, 0.4) is 0 Å². The maximum absolute atomic E-state index is 4.59. The Morgan fingerprint density at radius 1 is 1.33 bits per heavy atom. The smallest absolute Gasteiger partial charge is 0.0894 e. The second kappa shape index (κ2) is 5.74. The van der Waals surface area contributed by atoms with E-state index in [0.717, 1.165) is 23.3 Å². The summed E-state index contributed by atoms with van der Waals surface area (Å²) in [4.78, 5) is 9.00. The van der Waals surface area contributed by atoms with Gasteiger partial charge in [0.05, 0.1) is 22.9 Å². The van der Waals surface area contributed by atoms with Crippen molar-refractivity contribution in [2.24, 2.45) is 0 Å². The predicted octanol–water partition coefficient (Wildman–Crippen LogP) is 3.03. The Kier molecular flexibility index (Phi) is 4.05. The summed E-state index contributed by atoms with van der Waals surface area (Å²) in [6.45, 7) is 7.35. The first-order valence-electron chi connectivity index (χ1n) is 6.34. The van der Waals surface area contributed by atoms with Gasteiger partial charge in [-0.3, -0.25) is 4.98 Å². The average molecular weight is 241 g/mol. The molecule has 0 saturated carbocycles. The molecule has 0 aliphatic heterocycles. The van der Waals surface area contributed by atoms with Gasteiger partial charge in [-0.2, -0.15) is 0 Å². The van der Waals surface area contributed by atoms with Crippen molar-refractivity contribution in [3.63, 3.8) is 0 Å². The van der Waals surface area contributed by atoms with Gasteiger partial charge in [-0.25, -0.2) is 4.98 Å². The highest BCUT2D eigenvalue weighted by Gasteiger charge is 2.03. The number of benzene rings is 1. The van der Waals surface area contributed by atoms with Crippen LogP contribution in [0.1, 0.15) is 26.5 Å². The van der Waals surface area contributed by atoms with E-state index in [4.69, 9.17) is 0 Å². The number of likely N-dealkylation sites (N-methyl/N-ethyl adjacent to an activating group) is 1. The number of nitrogens with one attached hydrogen (secondary N) is 1. The topological polar surface area (TPSA) is 37.8 Å². The fourth-order valence-electron chi connectivity index (χ4n) is 1.87. The van der Waals surface area contributed by atoms with E-state index in [1.807, 2.05) is 30.5 Å². The van der Waals surface area contributed by atoms with Gasteiger partial charge in [0.15, 0.2) is 0 Å². The molecule has 3 nitrogen and oxygen atoms in total. The first kappa shape index (κ1) is 12.7. The van der Waals surface area contributed by atoms with Crippen molar-refractivity contribution < 1.29 is 0 Å². The van der Waals surface area contributed by atoms with Crippen LogP contribution in [-0.4, -0.2) is 22.6 Å². The molecular formula is C15H19N3. The van der Waals surface area contributed by atoms with E-state index in [1.165, 1.54) is 5.57 Å². The molecule has 0 saturated heterocycles. The molecule has 0 radical (unpaired) electrons. The summed E-state index contributed by atoms with van der Waals surface area (Å²) >= 11 is 0. The molecule has 1 heterocycles. The number of hydrogen-bond acceptors (Lipinski definition) is 3. The molecule has 2 aromatic rings. The number of fused-ring (bicyclic) bond motifs is 1. The first-order chi connectivity index (χ1) is 8.70. The largest absolute Gasteiger partial charge is 0.311 e. The van der Waals surface area contributed by atoms with Crippen LogP contribution in [0.25, 0.3) is 17.1 Å². The second-order valence-electron chi connectivity index (χ2n) is 4.45. The Morgan fingerprint density at radius 3 is 2.78 bits per heavy atom. The summed E-state index contributed by atoms with van der Waals surface area (Å²) in [6.07, 6.45) is 3.91. The van der Waals surface area contributed by atoms with Gasteiger partial charge >= 0.3 is 0 Å². The van der Waals surface area contributed by atoms with E-state index in [0.29, 0.717) is 6.04 Å². The Balaban J connectivity index is 2.28. The standard InChI is InChI=1S/C15H19N3/c1-4-16-12(3)11(2)9-13-10-17-14-7-5-6-8-15(14)18-13/h5-10,12,16H,4H2,1-3H3/b11-9+. The minimum absolute atomic E-state index is 0.364. The molecule has 0 aliphatic rings. The third-order valence-electron chi connectivity index (χ3n) is 3.04. The molecule has 1 atom stereocenters. The van der Waals surface area contributed by atoms with Crippen LogP contribution < -0.4 is 5.32 Å². The highest BCUT2D eigenvalue weighted by atomic mass is 14.9. The lowest BCUT2D eigenvalue weighted by atomic mass is 10.1. The van der Waals surface area contributed by atoms with Crippen LogP contribution >= 0.6 is 0 Å². The van der Waals surface area contributed by atoms with Crippen LogP contribution in [0, 0.1) is 0 Å². The lowest BCUT2D eigenvalue weighted by Gasteiger charge is -2.12. The van der Waals surface area contributed by atoms with Crippen LogP contribution in [0.5, 0.6) is 0 Å². The summed E-state index contributed by atoms with van der Waals surface area (Å²) in [7, 11) is 0. The van der Waals surface area contributed by atoms with E-state index in [-0.39, 0.29) is 0 Å². The normalized spacial score (nSPS) is 13.8. The first-order valence-corrected chi connectivity index (χ1v) is 6.34. The molecule has 3 heteroatoms. The molecule has 1 N–H and O–H groups in total. The van der Waals surface area contributed by atoms with E-state index in [2.05, 4.69) is 42.1 Å². The summed E-state index contributed by atoms with van der Waals surface area (Å²) in [6, 6.07) is 8.29. The summed E-state index contributed by atoms with van der Waals surface area (Å²) in [5.74, 6) is 0. The van der Waals surface area contributed by atoms with Crippen molar-refractivity contribution in [2.75, 3.05) is 6.54 Å². The highest BCUT2D eigenvalue weighted by molar-refractivity contribution is 5.74. The molecule has 0 amide bonds. The molecule has 0 aliphatic carbocycles. The van der Waals surface area contributed by atoms with E-state index in [1.54, 1.807) is 0 Å². The third kappa shape index (κ3) is 2.93. The zero-order valence-electron chi connectivity index (χ0n) is 11.1. The van der Waals surface area contributed by atoms with Crippen LogP contribution in [0.2, 0.25) is 0 Å². The number of nitrogens with zero attached hydrogens (tertiary/aromatic N) is 2. The van der Waals surface area contributed by atoms with Crippen molar-refractivity contribution >= 4 is 17.1 Å². The summed E-state index contributed by atoms with van der Waals surface area (Å²) < 4.78 is 0. The van der Waals surface area contributed by atoms with Crippen molar-refractivity contribution in [1.82, 2.24) is 15.3 Å². The number of para-hydroxylation sites is 2. The fourth-order valence-corrected chi connectivity index (χ4v) is 1.87. The zero-order chi connectivity index (χ0) is 13.0. The van der Waals surface area contributed by atoms with Gasteiger partial charge in [-0.15, -0.1) is 0 Å². The van der Waals surface area contributed by atoms with Crippen LogP contribution in [0.15, 0.2) is 36.0 Å². The van der Waals surface area contributed by atoms with Gasteiger partial charge < -0.3 is 5.32 Å². The number of hydrogen-bond donors (Lipinski definition) is 1.